The van der Waals surface area contributed by atoms with Crippen molar-refractivity contribution in [3.05, 3.63) is 284 Å². The molecule has 74 heavy (non-hydrogen) atoms. The van der Waals surface area contributed by atoms with Crippen LogP contribution in [0.5, 0.6) is 0 Å². The van der Waals surface area contributed by atoms with E-state index in [1.165, 1.54) is 49.3 Å². The summed E-state index contributed by atoms with van der Waals surface area (Å²) < 4.78 is 4.96. The summed E-state index contributed by atoms with van der Waals surface area (Å²) in [7, 11) is 0. The average Bonchev–Trinajstić information content (AvgIpc) is 4.01. The second kappa shape index (κ2) is 18.2. The highest BCUT2D eigenvalue weighted by Crippen LogP contribution is 2.47. The Morgan fingerprint density at radius 2 is 0.851 bits per heavy atom. The van der Waals surface area contributed by atoms with Gasteiger partial charge in [0.05, 0.1) is 27.8 Å². The highest BCUT2D eigenvalue weighted by molar-refractivity contribution is 6.26. The van der Waals surface area contributed by atoms with Gasteiger partial charge in [0.2, 0.25) is 0 Å². The van der Waals surface area contributed by atoms with Crippen LogP contribution in [0.25, 0.3) is 111 Å². The molecule has 1 atom stereocenters. The summed E-state index contributed by atoms with van der Waals surface area (Å²) in [4.78, 5) is 16.2. The van der Waals surface area contributed by atoms with Crippen molar-refractivity contribution in [2.45, 2.75) is 12.3 Å². The summed E-state index contributed by atoms with van der Waals surface area (Å²) in [6, 6.07) is 91.1. The molecule has 3 aromatic heterocycles. The standard InChI is InChI=1S/C69H47N5/c1-7-23-46(24-8-1)51-41-52(47-25-9-2-10-26-47)43-53(42-51)68-70-67(50-31-15-5-16-32-50)71-69(72-68)54-44-59(48-27-11-3-12-28-48)65(60(45-54)49-29-13-4-14-30-49)74-62-38-22-20-36-58(62)64-63(74)40-39-57-56-35-19-21-37-61(56)73(66(57)64)55-33-17-6-18-34-55/h1-40,42-45,51H,41H2/t51-/m0/s1. The Morgan fingerprint density at radius 1 is 0.365 bits per heavy atom. The van der Waals surface area contributed by atoms with Gasteiger partial charge in [0, 0.05) is 61.0 Å². The molecule has 0 N–H and O–H groups in total. The SMILES string of the molecule is C1=C(c2ccccc2)C[C@H](c2ccccc2)C=C1c1nc(-c2ccccc2)nc(-c2cc(-c3ccccc3)c(-n3c4ccccc4c4c3ccc3c5ccccc5n(-c5ccccc5)c34)c(-c3ccccc3)c2)n1. The normalized spacial score (nSPS) is 13.6. The average molecular weight is 946 g/mol. The highest BCUT2D eigenvalue weighted by atomic mass is 15.0. The molecule has 3 heterocycles. The van der Waals surface area contributed by atoms with Gasteiger partial charge in [-0.1, -0.05) is 218 Å². The molecule has 5 heteroatoms. The Bertz CT molecular complexity index is 4230. The van der Waals surface area contributed by atoms with Crippen LogP contribution in [-0.4, -0.2) is 24.1 Å². The van der Waals surface area contributed by atoms with Gasteiger partial charge >= 0.3 is 0 Å². The van der Waals surface area contributed by atoms with E-state index >= 15 is 0 Å². The molecule has 0 fully saturated rings. The first-order valence-corrected chi connectivity index (χ1v) is 25.4. The van der Waals surface area contributed by atoms with E-state index in [0.717, 1.165) is 67.8 Å². The van der Waals surface area contributed by atoms with Crippen LogP contribution in [0.2, 0.25) is 0 Å². The maximum absolute atomic E-state index is 5.52. The van der Waals surface area contributed by atoms with Crippen molar-refractivity contribution in [3.8, 4) is 56.4 Å². The van der Waals surface area contributed by atoms with E-state index in [0.29, 0.717) is 17.5 Å². The summed E-state index contributed by atoms with van der Waals surface area (Å²) in [6.07, 6.45) is 5.50. The quantitative estimate of drug-likeness (QED) is 0.145. The fourth-order valence-corrected chi connectivity index (χ4v) is 11.3. The molecule has 0 unspecified atom stereocenters. The third kappa shape index (κ3) is 7.44. The van der Waals surface area contributed by atoms with Gasteiger partial charge < -0.3 is 9.13 Å². The lowest BCUT2D eigenvalue weighted by Gasteiger charge is -2.23. The number of aromatic nitrogens is 5. The minimum atomic E-state index is 0.127. The summed E-state index contributed by atoms with van der Waals surface area (Å²) >= 11 is 0. The number of benzene rings is 10. The van der Waals surface area contributed by atoms with Crippen LogP contribution in [-0.2, 0) is 0 Å². The van der Waals surface area contributed by atoms with E-state index < -0.39 is 0 Å². The molecular formula is C69H47N5. The molecule has 0 aliphatic heterocycles. The van der Waals surface area contributed by atoms with E-state index in [4.69, 9.17) is 15.0 Å². The van der Waals surface area contributed by atoms with Crippen LogP contribution >= 0.6 is 0 Å². The summed E-state index contributed by atoms with van der Waals surface area (Å²) in [5.74, 6) is 1.98. The van der Waals surface area contributed by atoms with E-state index in [2.05, 4.69) is 258 Å². The van der Waals surface area contributed by atoms with Gasteiger partial charge in [0.15, 0.2) is 17.5 Å². The summed E-state index contributed by atoms with van der Waals surface area (Å²) in [5, 5.41) is 4.83. The zero-order valence-electron chi connectivity index (χ0n) is 40.4. The Morgan fingerprint density at radius 3 is 1.47 bits per heavy atom. The van der Waals surface area contributed by atoms with Crippen LogP contribution < -0.4 is 0 Å². The molecule has 0 amide bonds. The Balaban J connectivity index is 1.06. The number of rotatable bonds is 9. The van der Waals surface area contributed by atoms with E-state index in [9.17, 15) is 0 Å². The van der Waals surface area contributed by atoms with Crippen LogP contribution in [0.15, 0.2) is 267 Å². The maximum atomic E-state index is 5.52. The van der Waals surface area contributed by atoms with Crippen molar-refractivity contribution >= 4 is 54.8 Å². The molecule has 13 aromatic rings. The third-order valence-electron chi connectivity index (χ3n) is 14.7. The van der Waals surface area contributed by atoms with Crippen molar-refractivity contribution < 1.29 is 0 Å². The van der Waals surface area contributed by atoms with Crippen LogP contribution in [0.1, 0.15) is 29.3 Å². The molecule has 0 radical (unpaired) electrons. The highest BCUT2D eigenvalue weighted by Gasteiger charge is 2.27. The van der Waals surface area contributed by atoms with Crippen LogP contribution in [0, 0.1) is 0 Å². The van der Waals surface area contributed by atoms with Gasteiger partial charge in [0.25, 0.3) is 0 Å². The Kier molecular flexibility index (Phi) is 10.6. The van der Waals surface area contributed by atoms with E-state index in [-0.39, 0.29) is 5.92 Å². The Hall–Kier alpha value is -9.71. The van der Waals surface area contributed by atoms with Crippen LogP contribution in [0.3, 0.4) is 0 Å². The molecule has 348 valence electrons. The zero-order valence-corrected chi connectivity index (χ0v) is 40.4. The second-order valence-electron chi connectivity index (χ2n) is 19.1. The van der Waals surface area contributed by atoms with Gasteiger partial charge in [-0.15, -0.1) is 0 Å². The fraction of sp³-hybridized carbons (Fsp3) is 0.0290. The first kappa shape index (κ1) is 43.1. The number of allylic oxidation sites excluding steroid dienone is 4. The number of fused-ring (bicyclic) bond motifs is 7. The second-order valence-corrected chi connectivity index (χ2v) is 19.1. The fourth-order valence-electron chi connectivity index (χ4n) is 11.3. The molecule has 1 aliphatic rings. The lowest BCUT2D eigenvalue weighted by Crippen LogP contribution is -2.08. The van der Waals surface area contributed by atoms with Gasteiger partial charge in [-0.2, -0.15) is 0 Å². The lowest BCUT2D eigenvalue weighted by molar-refractivity contribution is 0.867. The van der Waals surface area contributed by atoms with E-state index in [1.807, 2.05) is 18.2 Å². The first-order valence-electron chi connectivity index (χ1n) is 25.4. The number of hydrogen-bond donors (Lipinski definition) is 0. The number of hydrogen-bond acceptors (Lipinski definition) is 3. The number of para-hydroxylation sites is 3. The molecule has 0 saturated heterocycles. The minimum Gasteiger partial charge on any atom is -0.309 e. The smallest absolute Gasteiger partial charge is 0.164 e. The zero-order chi connectivity index (χ0) is 49.0. The topological polar surface area (TPSA) is 48.5 Å². The maximum Gasteiger partial charge on any atom is 0.164 e. The predicted molar refractivity (Wildman–Crippen MR) is 306 cm³/mol. The third-order valence-corrected chi connectivity index (χ3v) is 14.7. The predicted octanol–water partition coefficient (Wildman–Crippen LogP) is 17.4. The van der Waals surface area contributed by atoms with Crippen molar-refractivity contribution in [3.63, 3.8) is 0 Å². The first-order chi connectivity index (χ1) is 36.7. The molecule has 0 saturated carbocycles. The van der Waals surface area contributed by atoms with E-state index in [1.54, 1.807) is 0 Å². The monoisotopic (exact) mass is 945 g/mol. The largest absolute Gasteiger partial charge is 0.309 e. The molecular weight excluding hydrogens is 899 g/mol. The summed E-state index contributed by atoms with van der Waals surface area (Å²) in [6.45, 7) is 0. The molecule has 10 aromatic carbocycles. The lowest BCUT2D eigenvalue weighted by atomic mass is 9.83. The molecule has 0 spiro atoms. The molecule has 1 aliphatic carbocycles. The van der Waals surface area contributed by atoms with Gasteiger partial charge in [-0.25, -0.2) is 15.0 Å². The molecule has 5 nitrogen and oxygen atoms in total. The van der Waals surface area contributed by atoms with Crippen molar-refractivity contribution in [1.82, 2.24) is 24.1 Å². The van der Waals surface area contributed by atoms with Gasteiger partial charge in [-0.05, 0) is 82.8 Å². The van der Waals surface area contributed by atoms with Crippen molar-refractivity contribution in [1.29, 1.82) is 0 Å². The minimum absolute atomic E-state index is 0.127. The number of nitrogens with zero attached hydrogens (tertiary/aromatic N) is 5. The van der Waals surface area contributed by atoms with Gasteiger partial charge in [0.1, 0.15) is 0 Å². The van der Waals surface area contributed by atoms with Crippen molar-refractivity contribution in [2.75, 3.05) is 0 Å². The molecule has 0 bridgehead atoms. The van der Waals surface area contributed by atoms with Crippen molar-refractivity contribution in [2.24, 2.45) is 0 Å². The summed E-state index contributed by atoms with van der Waals surface area (Å²) in [5.41, 5.74) is 17.6. The van der Waals surface area contributed by atoms with Crippen LogP contribution in [0.4, 0.5) is 0 Å². The molecule has 14 rings (SSSR count). The van der Waals surface area contributed by atoms with Gasteiger partial charge in [-0.3, -0.25) is 0 Å². The Labute approximate surface area is 429 Å².